The van der Waals surface area contributed by atoms with Crippen LogP contribution >= 0.6 is 11.6 Å². The maximum atomic E-state index is 11.0. The van der Waals surface area contributed by atoms with E-state index in [2.05, 4.69) is 5.32 Å². The summed E-state index contributed by atoms with van der Waals surface area (Å²) in [7, 11) is 3.25. The van der Waals surface area contributed by atoms with E-state index in [1.54, 1.807) is 14.2 Å². The molecule has 0 unspecified atom stereocenters. The quantitative estimate of drug-likeness (QED) is 0.524. The van der Waals surface area contributed by atoms with Gasteiger partial charge in [0.2, 0.25) is 0 Å². The molecule has 8 nitrogen and oxygen atoms in total. The Hall–Kier alpha value is -2.97. The molecule has 0 bridgehead atoms. The molecular weight excluding hydrogens is 386 g/mol. The molecule has 2 rings (SSSR count). The predicted molar refractivity (Wildman–Crippen MR) is 108 cm³/mol. The molecule has 0 fully saturated rings. The van der Waals surface area contributed by atoms with Crippen molar-refractivity contribution in [1.82, 2.24) is 0 Å². The summed E-state index contributed by atoms with van der Waals surface area (Å²) in [4.78, 5) is 21.3. The first-order valence-corrected chi connectivity index (χ1v) is 8.66. The van der Waals surface area contributed by atoms with Crippen molar-refractivity contribution in [3.63, 3.8) is 0 Å². The van der Waals surface area contributed by atoms with E-state index in [1.165, 1.54) is 23.8 Å². The van der Waals surface area contributed by atoms with Crippen LogP contribution < -0.4 is 26.3 Å². The zero-order chi connectivity index (χ0) is 21.1. The molecule has 0 aliphatic heterocycles. The molecule has 6 N–H and O–H groups in total. The number of primary amides is 1. The largest absolute Gasteiger partial charge is 0.493 e. The van der Waals surface area contributed by atoms with Crippen molar-refractivity contribution in [1.29, 1.82) is 0 Å². The summed E-state index contributed by atoms with van der Waals surface area (Å²) in [5.74, 6) is -0.165. The van der Waals surface area contributed by atoms with Crippen LogP contribution in [0.1, 0.15) is 15.9 Å². The van der Waals surface area contributed by atoms with E-state index in [0.717, 1.165) is 17.9 Å². The van der Waals surface area contributed by atoms with Gasteiger partial charge < -0.3 is 31.4 Å². The summed E-state index contributed by atoms with van der Waals surface area (Å²) in [5.41, 5.74) is 12.2. The maximum Gasteiger partial charge on any atom is 0.322 e. The summed E-state index contributed by atoms with van der Waals surface area (Å²) in [6, 6.07) is 10.2. The van der Waals surface area contributed by atoms with Gasteiger partial charge in [0.25, 0.3) is 5.91 Å². The molecule has 2 aromatic rings. The van der Waals surface area contributed by atoms with Gasteiger partial charge in [-0.3, -0.25) is 9.59 Å². The predicted octanol–water partition coefficient (Wildman–Crippen LogP) is 2.14. The van der Waals surface area contributed by atoms with Crippen LogP contribution in [0.4, 0.5) is 5.69 Å². The lowest BCUT2D eigenvalue weighted by Gasteiger charge is -2.08. The number of halogens is 1. The Morgan fingerprint density at radius 3 is 2.32 bits per heavy atom. The van der Waals surface area contributed by atoms with E-state index < -0.39 is 11.9 Å². The topological polar surface area (TPSA) is 137 Å². The number of methoxy groups -OCH3 is 2. The molecule has 9 heteroatoms. The first-order chi connectivity index (χ1) is 13.3. The highest BCUT2D eigenvalue weighted by molar-refractivity contribution is 6.31. The lowest BCUT2D eigenvalue weighted by molar-refractivity contribution is -0.134. The van der Waals surface area contributed by atoms with Gasteiger partial charge in [-0.05, 0) is 48.9 Å². The fourth-order valence-electron chi connectivity index (χ4n) is 2.25. The number of hydrogen-bond acceptors (Lipinski definition) is 6. The van der Waals surface area contributed by atoms with Crippen molar-refractivity contribution < 1.29 is 24.2 Å². The molecule has 0 radical (unpaired) electrons. The molecule has 2 aromatic carbocycles. The van der Waals surface area contributed by atoms with E-state index in [1.807, 2.05) is 18.2 Å². The number of carbonyl (C=O) groups excluding carboxylic acids is 1. The third kappa shape index (κ3) is 7.34. The molecule has 0 atom stereocenters. The minimum Gasteiger partial charge on any atom is -0.493 e. The van der Waals surface area contributed by atoms with E-state index >= 15 is 0 Å². The lowest BCUT2D eigenvalue weighted by Crippen LogP contribution is -2.18. The number of nitrogens with one attached hydrogen (secondary N) is 1. The van der Waals surface area contributed by atoms with E-state index in [9.17, 15) is 9.59 Å². The van der Waals surface area contributed by atoms with Crippen LogP contribution in [0.15, 0.2) is 36.4 Å². The molecule has 0 aromatic heterocycles. The van der Waals surface area contributed by atoms with Crippen LogP contribution in [0, 0.1) is 0 Å². The molecule has 0 aliphatic rings. The van der Waals surface area contributed by atoms with Gasteiger partial charge in [-0.25, -0.2) is 0 Å². The number of anilines is 1. The summed E-state index contributed by atoms with van der Waals surface area (Å²) in [5, 5.41) is 11.4. The van der Waals surface area contributed by atoms with Gasteiger partial charge in [-0.2, -0.15) is 0 Å². The van der Waals surface area contributed by atoms with Crippen LogP contribution in [0.25, 0.3) is 0 Å². The molecule has 152 valence electrons. The second kappa shape index (κ2) is 11.7. The average molecular weight is 410 g/mol. The highest BCUT2D eigenvalue weighted by Crippen LogP contribution is 2.27. The Morgan fingerprint density at radius 2 is 1.79 bits per heavy atom. The van der Waals surface area contributed by atoms with Crippen LogP contribution in [0.2, 0.25) is 5.02 Å². The number of benzene rings is 2. The first-order valence-electron chi connectivity index (χ1n) is 8.28. The zero-order valence-electron chi connectivity index (χ0n) is 15.7. The highest BCUT2D eigenvalue weighted by Gasteiger charge is 2.09. The number of hydrogen-bond donors (Lipinski definition) is 4. The van der Waals surface area contributed by atoms with Crippen molar-refractivity contribution >= 4 is 29.2 Å². The van der Waals surface area contributed by atoms with E-state index in [0.29, 0.717) is 17.3 Å². The SMILES string of the molecule is COc1ccc(CCN)cc1OC.NC(=O)c1ccc(Cl)cc1NCC(=O)O. The van der Waals surface area contributed by atoms with Crippen molar-refractivity contribution in [3.05, 3.63) is 52.5 Å². The number of carbonyl (C=O) groups is 2. The van der Waals surface area contributed by atoms with Gasteiger partial charge in [0.05, 0.1) is 19.8 Å². The van der Waals surface area contributed by atoms with Crippen LogP contribution in [0.3, 0.4) is 0 Å². The summed E-state index contributed by atoms with van der Waals surface area (Å²) in [6.45, 7) is 0.343. The Morgan fingerprint density at radius 1 is 1.11 bits per heavy atom. The van der Waals surface area contributed by atoms with Gasteiger partial charge in [0, 0.05) is 10.7 Å². The molecule has 28 heavy (non-hydrogen) atoms. The number of carboxylic acids is 1. The van der Waals surface area contributed by atoms with Crippen molar-refractivity contribution in [2.24, 2.45) is 11.5 Å². The lowest BCUT2D eigenvalue weighted by atomic mass is 10.1. The Kier molecular flexibility index (Phi) is 9.63. The molecule has 0 saturated carbocycles. The first kappa shape index (κ1) is 23.1. The second-order valence-corrected chi connectivity index (χ2v) is 5.97. The minimum absolute atomic E-state index is 0.209. The normalized spacial score (nSPS) is 9.71. The van der Waals surface area contributed by atoms with Crippen LogP contribution in [-0.4, -0.2) is 44.3 Å². The van der Waals surface area contributed by atoms with Gasteiger partial charge in [-0.15, -0.1) is 0 Å². The highest BCUT2D eigenvalue weighted by atomic mass is 35.5. The molecule has 0 heterocycles. The van der Waals surface area contributed by atoms with Gasteiger partial charge in [0.1, 0.15) is 6.54 Å². The Balaban J connectivity index is 0.000000283. The van der Waals surface area contributed by atoms with Crippen molar-refractivity contribution in [2.75, 3.05) is 32.6 Å². The summed E-state index contributed by atoms with van der Waals surface area (Å²) >= 11 is 5.70. The number of amides is 1. The average Bonchev–Trinajstić information content (AvgIpc) is 2.66. The summed E-state index contributed by atoms with van der Waals surface area (Å²) in [6.07, 6.45) is 0.861. The Labute approximate surface area is 168 Å². The van der Waals surface area contributed by atoms with Crippen LogP contribution in [-0.2, 0) is 11.2 Å². The van der Waals surface area contributed by atoms with E-state index in [4.69, 9.17) is 37.6 Å². The third-order valence-corrected chi connectivity index (χ3v) is 3.79. The molecule has 1 amide bonds. The third-order valence-electron chi connectivity index (χ3n) is 3.56. The van der Waals surface area contributed by atoms with Gasteiger partial charge in [0.15, 0.2) is 11.5 Å². The van der Waals surface area contributed by atoms with Gasteiger partial charge >= 0.3 is 5.97 Å². The standard InChI is InChI=1S/C10H15NO2.C9H9ClN2O3/c1-12-9-4-3-8(5-6-11)7-10(9)13-2;10-5-1-2-6(9(11)15)7(3-5)12-4-8(13)14/h3-4,7H,5-6,11H2,1-2H3;1-3,12H,4H2,(H2,11,15)(H,13,14). The Bertz CT molecular complexity index is 814. The molecule has 0 aliphatic carbocycles. The zero-order valence-corrected chi connectivity index (χ0v) is 16.5. The number of aliphatic carboxylic acids is 1. The number of carboxylic acid groups (broad SMARTS) is 1. The fraction of sp³-hybridized carbons (Fsp3) is 0.263. The number of nitrogens with two attached hydrogens (primary N) is 2. The monoisotopic (exact) mass is 409 g/mol. The molecule has 0 spiro atoms. The second-order valence-electron chi connectivity index (χ2n) is 5.53. The maximum absolute atomic E-state index is 11.0. The molecular formula is C19H24ClN3O5. The smallest absolute Gasteiger partial charge is 0.322 e. The number of rotatable bonds is 8. The van der Waals surface area contributed by atoms with E-state index in [-0.39, 0.29) is 12.1 Å². The van der Waals surface area contributed by atoms with Crippen molar-refractivity contribution in [3.8, 4) is 11.5 Å². The molecule has 0 saturated heterocycles. The summed E-state index contributed by atoms with van der Waals surface area (Å²) < 4.78 is 10.3. The van der Waals surface area contributed by atoms with Gasteiger partial charge in [-0.1, -0.05) is 17.7 Å². The number of ether oxygens (including phenoxy) is 2. The minimum atomic E-state index is -1.04. The van der Waals surface area contributed by atoms with Crippen molar-refractivity contribution in [2.45, 2.75) is 6.42 Å². The van der Waals surface area contributed by atoms with Crippen LogP contribution in [0.5, 0.6) is 11.5 Å². The fourth-order valence-corrected chi connectivity index (χ4v) is 2.42.